The number of ether oxygens (including phenoxy) is 1. The predicted molar refractivity (Wildman–Crippen MR) is 86.2 cm³/mol. The summed E-state index contributed by atoms with van der Waals surface area (Å²) in [6.07, 6.45) is 0.845. The molecule has 0 heterocycles. The molecule has 0 fully saturated rings. The van der Waals surface area contributed by atoms with Gasteiger partial charge in [-0.05, 0) is 24.6 Å². The molecular formula is C17H18N2O3. The van der Waals surface area contributed by atoms with Crippen LogP contribution in [0, 0.1) is 0 Å². The van der Waals surface area contributed by atoms with Crippen molar-refractivity contribution in [3.05, 3.63) is 60.2 Å². The Morgan fingerprint density at radius 2 is 1.82 bits per heavy atom. The highest BCUT2D eigenvalue weighted by Gasteiger charge is 2.15. The normalized spacial score (nSPS) is 11.9. The third-order valence-corrected chi connectivity index (χ3v) is 2.95. The van der Waals surface area contributed by atoms with Crippen LogP contribution in [0.25, 0.3) is 0 Å². The molecule has 0 aromatic heterocycles. The van der Waals surface area contributed by atoms with E-state index < -0.39 is 6.10 Å². The van der Waals surface area contributed by atoms with Gasteiger partial charge in [0, 0.05) is 0 Å². The minimum atomic E-state index is -0.718. The Morgan fingerprint density at radius 1 is 1.14 bits per heavy atom. The number of anilines is 1. The molecule has 22 heavy (non-hydrogen) atoms. The number of nitrogens with zero attached hydrogens (tertiary/aromatic N) is 1. The standard InChI is InChI=1S/C17H18N2O3/c1-13(22-18-12-14-8-4-3-5-9-14)17(20)19-15-10-6-7-11-16(15)21-2/h3-13H,1-2H3,(H,19,20)/b18-12-/t13-/m1/s1. The van der Waals surface area contributed by atoms with E-state index in [0.717, 1.165) is 5.56 Å². The number of nitrogens with one attached hydrogen (secondary N) is 1. The molecule has 1 N–H and O–H groups in total. The van der Waals surface area contributed by atoms with Crippen molar-refractivity contribution in [2.75, 3.05) is 12.4 Å². The van der Waals surface area contributed by atoms with Gasteiger partial charge in [-0.15, -0.1) is 0 Å². The average molecular weight is 298 g/mol. The van der Waals surface area contributed by atoms with Crippen LogP contribution in [0.2, 0.25) is 0 Å². The Morgan fingerprint density at radius 3 is 2.55 bits per heavy atom. The highest BCUT2D eigenvalue weighted by Crippen LogP contribution is 2.23. The molecule has 2 rings (SSSR count). The summed E-state index contributed by atoms with van der Waals surface area (Å²) in [6, 6.07) is 16.7. The molecule has 0 spiro atoms. The third kappa shape index (κ3) is 4.34. The lowest BCUT2D eigenvalue weighted by molar-refractivity contribution is -0.126. The third-order valence-electron chi connectivity index (χ3n) is 2.95. The van der Waals surface area contributed by atoms with E-state index in [1.807, 2.05) is 42.5 Å². The van der Waals surface area contributed by atoms with E-state index in [1.165, 1.54) is 0 Å². The van der Waals surface area contributed by atoms with Gasteiger partial charge >= 0.3 is 0 Å². The average Bonchev–Trinajstić information content (AvgIpc) is 2.56. The minimum Gasteiger partial charge on any atom is -0.495 e. The largest absolute Gasteiger partial charge is 0.495 e. The van der Waals surface area contributed by atoms with Crippen LogP contribution in [0.3, 0.4) is 0 Å². The molecule has 0 unspecified atom stereocenters. The number of rotatable bonds is 6. The van der Waals surface area contributed by atoms with Gasteiger partial charge in [-0.1, -0.05) is 47.6 Å². The molecular weight excluding hydrogens is 280 g/mol. The van der Waals surface area contributed by atoms with Crippen molar-refractivity contribution < 1.29 is 14.4 Å². The fraction of sp³-hybridized carbons (Fsp3) is 0.176. The van der Waals surface area contributed by atoms with Crippen LogP contribution >= 0.6 is 0 Å². The van der Waals surface area contributed by atoms with Crippen LogP contribution in [0.15, 0.2) is 59.8 Å². The zero-order valence-electron chi connectivity index (χ0n) is 12.5. The van der Waals surface area contributed by atoms with E-state index in [-0.39, 0.29) is 5.91 Å². The number of carbonyl (C=O) groups is 1. The molecule has 0 saturated carbocycles. The summed E-state index contributed by atoms with van der Waals surface area (Å²) in [5.41, 5.74) is 1.50. The van der Waals surface area contributed by atoms with Crippen molar-refractivity contribution in [2.24, 2.45) is 5.16 Å². The Balaban J connectivity index is 1.91. The van der Waals surface area contributed by atoms with Gasteiger partial charge < -0.3 is 14.9 Å². The van der Waals surface area contributed by atoms with E-state index in [1.54, 1.807) is 32.4 Å². The molecule has 0 aliphatic heterocycles. The van der Waals surface area contributed by atoms with E-state index in [2.05, 4.69) is 10.5 Å². The smallest absolute Gasteiger partial charge is 0.268 e. The van der Waals surface area contributed by atoms with Crippen LogP contribution in [0.1, 0.15) is 12.5 Å². The first-order chi connectivity index (χ1) is 10.7. The first-order valence-electron chi connectivity index (χ1n) is 6.89. The molecule has 0 bridgehead atoms. The van der Waals surface area contributed by atoms with Crippen LogP contribution in [0.4, 0.5) is 5.69 Å². The van der Waals surface area contributed by atoms with Gasteiger partial charge in [-0.2, -0.15) is 0 Å². The number of hydrogen-bond acceptors (Lipinski definition) is 4. The van der Waals surface area contributed by atoms with E-state index in [4.69, 9.17) is 9.57 Å². The van der Waals surface area contributed by atoms with Crippen molar-refractivity contribution in [1.29, 1.82) is 0 Å². The fourth-order valence-electron chi connectivity index (χ4n) is 1.75. The van der Waals surface area contributed by atoms with Crippen molar-refractivity contribution >= 4 is 17.8 Å². The lowest BCUT2D eigenvalue weighted by Gasteiger charge is -2.12. The maximum Gasteiger partial charge on any atom is 0.268 e. The summed E-state index contributed by atoms with van der Waals surface area (Å²) in [5, 5.41) is 6.58. The Labute approximate surface area is 129 Å². The second-order valence-corrected chi connectivity index (χ2v) is 4.58. The molecule has 5 nitrogen and oxygen atoms in total. The molecule has 0 aliphatic carbocycles. The number of carbonyl (C=O) groups excluding carboxylic acids is 1. The number of methoxy groups -OCH3 is 1. The van der Waals surface area contributed by atoms with Crippen LogP contribution in [0.5, 0.6) is 5.75 Å². The number of amides is 1. The Bertz CT molecular complexity index is 641. The van der Waals surface area contributed by atoms with Gasteiger partial charge in [-0.3, -0.25) is 4.79 Å². The van der Waals surface area contributed by atoms with Crippen LogP contribution in [-0.2, 0) is 9.63 Å². The number of para-hydroxylation sites is 2. The minimum absolute atomic E-state index is 0.297. The van der Waals surface area contributed by atoms with Gasteiger partial charge in [0.05, 0.1) is 19.0 Å². The molecule has 2 aromatic rings. The van der Waals surface area contributed by atoms with Gasteiger partial charge in [0.2, 0.25) is 6.10 Å². The van der Waals surface area contributed by atoms with Crippen molar-refractivity contribution in [3.63, 3.8) is 0 Å². The Kier molecular flexibility index (Phi) is 5.54. The predicted octanol–water partition coefficient (Wildman–Crippen LogP) is 3.07. The maximum absolute atomic E-state index is 12.1. The molecule has 0 radical (unpaired) electrons. The number of oxime groups is 1. The molecule has 2 aromatic carbocycles. The van der Waals surface area contributed by atoms with E-state index in [0.29, 0.717) is 11.4 Å². The molecule has 5 heteroatoms. The quantitative estimate of drug-likeness (QED) is 0.658. The summed E-state index contributed by atoms with van der Waals surface area (Å²) < 4.78 is 5.18. The summed E-state index contributed by atoms with van der Waals surface area (Å²) in [7, 11) is 1.55. The van der Waals surface area contributed by atoms with E-state index >= 15 is 0 Å². The SMILES string of the molecule is COc1ccccc1NC(=O)[C@@H](C)O/N=C\c1ccccc1. The van der Waals surface area contributed by atoms with Gasteiger partial charge in [0.1, 0.15) is 5.75 Å². The number of benzene rings is 2. The van der Waals surface area contributed by atoms with Crippen LogP contribution in [-0.4, -0.2) is 25.3 Å². The Hall–Kier alpha value is -2.82. The summed E-state index contributed by atoms with van der Waals surface area (Å²) in [5.74, 6) is 0.297. The van der Waals surface area contributed by atoms with Crippen molar-refractivity contribution in [2.45, 2.75) is 13.0 Å². The first-order valence-corrected chi connectivity index (χ1v) is 6.89. The summed E-state index contributed by atoms with van der Waals surface area (Å²) in [4.78, 5) is 17.2. The lowest BCUT2D eigenvalue weighted by Crippen LogP contribution is -2.26. The zero-order chi connectivity index (χ0) is 15.8. The van der Waals surface area contributed by atoms with Crippen molar-refractivity contribution in [3.8, 4) is 5.75 Å². The summed E-state index contributed by atoms with van der Waals surface area (Å²) in [6.45, 7) is 1.63. The first kappa shape index (κ1) is 15.6. The zero-order valence-corrected chi connectivity index (χ0v) is 12.5. The monoisotopic (exact) mass is 298 g/mol. The second-order valence-electron chi connectivity index (χ2n) is 4.58. The number of hydrogen-bond donors (Lipinski definition) is 1. The second kappa shape index (κ2) is 7.83. The molecule has 0 aliphatic rings. The van der Waals surface area contributed by atoms with Gasteiger partial charge in [-0.25, -0.2) is 0 Å². The fourth-order valence-corrected chi connectivity index (χ4v) is 1.75. The highest BCUT2D eigenvalue weighted by molar-refractivity contribution is 5.95. The maximum atomic E-state index is 12.1. The highest BCUT2D eigenvalue weighted by atomic mass is 16.6. The molecule has 1 amide bonds. The van der Waals surface area contributed by atoms with Gasteiger partial charge in [0.25, 0.3) is 5.91 Å². The molecule has 1 atom stereocenters. The summed E-state index contributed by atoms with van der Waals surface area (Å²) >= 11 is 0. The van der Waals surface area contributed by atoms with Crippen LogP contribution < -0.4 is 10.1 Å². The molecule has 0 saturated heterocycles. The van der Waals surface area contributed by atoms with Crippen molar-refractivity contribution in [1.82, 2.24) is 0 Å². The molecule has 114 valence electrons. The lowest BCUT2D eigenvalue weighted by atomic mass is 10.2. The topological polar surface area (TPSA) is 59.9 Å². The van der Waals surface area contributed by atoms with E-state index in [9.17, 15) is 4.79 Å². The van der Waals surface area contributed by atoms with Gasteiger partial charge in [0.15, 0.2) is 0 Å².